The Labute approximate surface area is 138 Å². The van der Waals surface area contributed by atoms with Crippen LogP contribution >= 0.6 is 0 Å². The van der Waals surface area contributed by atoms with E-state index in [2.05, 4.69) is 44.2 Å². The number of para-hydroxylation sites is 1. The molecular weight excluding hydrogens is 286 g/mol. The van der Waals surface area contributed by atoms with Gasteiger partial charge in [0.05, 0.1) is 0 Å². The van der Waals surface area contributed by atoms with E-state index >= 15 is 0 Å². The number of nitrogens with one attached hydrogen (secondary N) is 1. The molecule has 2 rings (SSSR count). The summed E-state index contributed by atoms with van der Waals surface area (Å²) in [5, 5.41) is 7.28. The van der Waals surface area contributed by atoms with Gasteiger partial charge in [-0.1, -0.05) is 45.9 Å². The highest BCUT2D eigenvalue weighted by Crippen LogP contribution is 2.34. The van der Waals surface area contributed by atoms with Crippen LogP contribution in [0, 0.1) is 12.3 Å². The summed E-state index contributed by atoms with van der Waals surface area (Å²) in [5.74, 6) is 0.217. The Kier molecular flexibility index (Phi) is 4.93. The van der Waals surface area contributed by atoms with Crippen molar-refractivity contribution in [1.29, 1.82) is 0 Å². The highest BCUT2D eigenvalue weighted by molar-refractivity contribution is 6.04. The van der Waals surface area contributed by atoms with Gasteiger partial charge in [0.1, 0.15) is 0 Å². The lowest BCUT2D eigenvalue weighted by Crippen LogP contribution is -2.17. The zero-order valence-electron chi connectivity index (χ0n) is 15.0. The van der Waals surface area contributed by atoms with Crippen molar-refractivity contribution >= 4 is 11.6 Å². The van der Waals surface area contributed by atoms with Crippen molar-refractivity contribution in [2.45, 2.75) is 47.0 Å². The molecule has 0 radical (unpaired) electrons. The summed E-state index contributed by atoms with van der Waals surface area (Å²) in [7, 11) is 1.82. The number of carbonyl (C=O) groups is 1. The number of benzene rings is 1. The molecule has 0 saturated carbocycles. The molecule has 1 N–H and O–H groups in total. The van der Waals surface area contributed by atoms with E-state index in [4.69, 9.17) is 0 Å². The van der Waals surface area contributed by atoms with Crippen LogP contribution in [0.4, 0.5) is 5.69 Å². The van der Waals surface area contributed by atoms with Crippen LogP contribution in [0.3, 0.4) is 0 Å². The molecule has 2 aromatic rings. The van der Waals surface area contributed by atoms with Crippen molar-refractivity contribution in [2.75, 3.05) is 5.32 Å². The molecule has 1 atom stereocenters. The first kappa shape index (κ1) is 17.3. The van der Waals surface area contributed by atoms with Gasteiger partial charge in [-0.2, -0.15) is 5.10 Å². The van der Waals surface area contributed by atoms with Crippen LogP contribution in [0.2, 0.25) is 0 Å². The van der Waals surface area contributed by atoms with Crippen LogP contribution in [0.25, 0.3) is 0 Å². The maximum absolute atomic E-state index is 12.5. The molecule has 1 unspecified atom stereocenters. The summed E-state index contributed by atoms with van der Waals surface area (Å²) in [6.45, 7) is 10.8. The van der Waals surface area contributed by atoms with E-state index in [1.807, 2.05) is 38.4 Å². The Hall–Kier alpha value is -2.10. The van der Waals surface area contributed by atoms with Crippen LogP contribution in [0.15, 0.2) is 30.5 Å². The van der Waals surface area contributed by atoms with Crippen molar-refractivity contribution in [3.05, 3.63) is 47.3 Å². The predicted octanol–water partition coefficient (Wildman–Crippen LogP) is 4.52. The van der Waals surface area contributed by atoms with Crippen LogP contribution < -0.4 is 5.32 Å². The molecule has 1 amide bonds. The molecular formula is C19H27N3O. The van der Waals surface area contributed by atoms with Crippen molar-refractivity contribution in [3.8, 4) is 0 Å². The molecule has 0 saturated heterocycles. The zero-order valence-corrected chi connectivity index (χ0v) is 15.0. The Morgan fingerprint density at radius 3 is 2.52 bits per heavy atom. The predicted molar refractivity (Wildman–Crippen MR) is 94.8 cm³/mol. The number of aromatic nitrogens is 2. The summed E-state index contributed by atoms with van der Waals surface area (Å²) >= 11 is 0. The van der Waals surface area contributed by atoms with Gasteiger partial charge >= 0.3 is 0 Å². The maximum Gasteiger partial charge on any atom is 0.276 e. The number of hydrogen-bond acceptors (Lipinski definition) is 2. The third-order valence-electron chi connectivity index (χ3n) is 3.89. The SMILES string of the molecule is Cc1cn(C)nc1C(=O)Nc1ccccc1C(C)CC(C)(C)C. The molecule has 0 aliphatic rings. The summed E-state index contributed by atoms with van der Waals surface area (Å²) in [4.78, 5) is 12.5. The van der Waals surface area contributed by atoms with Gasteiger partial charge in [-0.15, -0.1) is 0 Å². The molecule has 124 valence electrons. The molecule has 4 heteroatoms. The number of carbonyl (C=O) groups excluding carboxylic acids is 1. The van der Waals surface area contributed by atoms with E-state index in [-0.39, 0.29) is 11.3 Å². The van der Waals surface area contributed by atoms with E-state index in [9.17, 15) is 4.79 Å². The quantitative estimate of drug-likeness (QED) is 0.902. The first-order chi connectivity index (χ1) is 10.7. The van der Waals surface area contributed by atoms with E-state index in [1.54, 1.807) is 4.68 Å². The number of nitrogens with zero attached hydrogens (tertiary/aromatic N) is 2. The summed E-state index contributed by atoms with van der Waals surface area (Å²) in [5.41, 5.74) is 3.65. The molecule has 0 spiro atoms. The summed E-state index contributed by atoms with van der Waals surface area (Å²) in [6.07, 6.45) is 2.91. The number of anilines is 1. The van der Waals surface area contributed by atoms with E-state index in [0.717, 1.165) is 17.7 Å². The van der Waals surface area contributed by atoms with Gasteiger partial charge in [-0.25, -0.2) is 0 Å². The molecule has 23 heavy (non-hydrogen) atoms. The molecule has 4 nitrogen and oxygen atoms in total. The number of amides is 1. The summed E-state index contributed by atoms with van der Waals surface area (Å²) in [6, 6.07) is 8.03. The first-order valence-corrected chi connectivity index (χ1v) is 8.08. The molecule has 1 aromatic heterocycles. The average Bonchev–Trinajstić information content (AvgIpc) is 2.76. The number of rotatable bonds is 4. The van der Waals surface area contributed by atoms with Gasteiger partial charge in [0, 0.05) is 24.5 Å². The Balaban J connectivity index is 2.24. The van der Waals surface area contributed by atoms with E-state index < -0.39 is 0 Å². The Morgan fingerprint density at radius 1 is 1.30 bits per heavy atom. The van der Waals surface area contributed by atoms with Crippen LogP contribution in [0.1, 0.15) is 61.6 Å². The monoisotopic (exact) mass is 313 g/mol. The lowest BCUT2D eigenvalue weighted by molar-refractivity contribution is 0.102. The number of hydrogen-bond donors (Lipinski definition) is 1. The fourth-order valence-corrected chi connectivity index (χ4v) is 3.08. The van der Waals surface area contributed by atoms with Gasteiger partial charge < -0.3 is 5.32 Å². The van der Waals surface area contributed by atoms with Crippen molar-refractivity contribution < 1.29 is 4.79 Å². The highest BCUT2D eigenvalue weighted by atomic mass is 16.2. The average molecular weight is 313 g/mol. The van der Waals surface area contributed by atoms with E-state index in [1.165, 1.54) is 5.56 Å². The topological polar surface area (TPSA) is 46.9 Å². The molecule has 1 heterocycles. The van der Waals surface area contributed by atoms with Gasteiger partial charge in [0.15, 0.2) is 5.69 Å². The smallest absolute Gasteiger partial charge is 0.276 e. The van der Waals surface area contributed by atoms with Crippen molar-refractivity contribution in [1.82, 2.24) is 9.78 Å². The van der Waals surface area contributed by atoms with Gasteiger partial charge in [-0.3, -0.25) is 9.48 Å². The van der Waals surface area contributed by atoms with Gasteiger partial charge in [-0.05, 0) is 36.3 Å². The molecule has 0 fully saturated rings. The molecule has 0 aliphatic carbocycles. The first-order valence-electron chi connectivity index (χ1n) is 8.08. The van der Waals surface area contributed by atoms with Crippen molar-refractivity contribution in [2.24, 2.45) is 12.5 Å². The van der Waals surface area contributed by atoms with Crippen LogP contribution in [0.5, 0.6) is 0 Å². The lowest BCUT2D eigenvalue weighted by atomic mass is 9.82. The van der Waals surface area contributed by atoms with Gasteiger partial charge in [0.2, 0.25) is 0 Å². The second-order valence-corrected chi connectivity index (χ2v) is 7.54. The van der Waals surface area contributed by atoms with Crippen molar-refractivity contribution in [3.63, 3.8) is 0 Å². The number of aryl methyl sites for hydroxylation is 2. The zero-order chi connectivity index (χ0) is 17.2. The lowest BCUT2D eigenvalue weighted by Gasteiger charge is -2.25. The van der Waals surface area contributed by atoms with Crippen LogP contribution in [-0.2, 0) is 7.05 Å². The van der Waals surface area contributed by atoms with Gasteiger partial charge in [0.25, 0.3) is 5.91 Å². The fourth-order valence-electron chi connectivity index (χ4n) is 3.08. The molecule has 1 aromatic carbocycles. The third kappa shape index (κ3) is 4.44. The third-order valence-corrected chi connectivity index (χ3v) is 3.89. The molecule has 0 aliphatic heterocycles. The minimum absolute atomic E-state index is 0.154. The maximum atomic E-state index is 12.5. The minimum Gasteiger partial charge on any atom is -0.320 e. The standard InChI is InChI=1S/C19H27N3O/c1-13(11-19(3,4)5)15-9-7-8-10-16(15)20-18(23)17-14(2)12-22(6)21-17/h7-10,12-13H,11H2,1-6H3,(H,20,23). The Morgan fingerprint density at radius 2 is 1.96 bits per heavy atom. The van der Waals surface area contributed by atoms with Crippen LogP contribution in [-0.4, -0.2) is 15.7 Å². The summed E-state index contributed by atoms with van der Waals surface area (Å²) < 4.78 is 1.67. The Bertz CT molecular complexity index is 695. The van der Waals surface area contributed by atoms with E-state index in [0.29, 0.717) is 11.6 Å². The largest absolute Gasteiger partial charge is 0.320 e. The normalized spacial score (nSPS) is 13.0. The highest BCUT2D eigenvalue weighted by Gasteiger charge is 2.20. The minimum atomic E-state index is -0.154. The second-order valence-electron chi connectivity index (χ2n) is 7.54. The second kappa shape index (κ2) is 6.57. The molecule has 0 bridgehead atoms. The fraction of sp³-hybridized carbons (Fsp3) is 0.474.